The number of hydrogen-bond donors (Lipinski definition) is 2. The number of carbonyl (C=O) groups is 1. The molecule has 1 aromatic rings. The van der Waals surface area contributed by atoms with Crippen LogP contribution in [-0.4, -0.2) is 53.7 Å². The summed E-state index contributed by atoms with van der Waals surface area (Å²) < 4.78 is 41.4. The maximum atomic E-state index is 12.2. The standard InChI is InChI=1S/C12H17NO7S/c1-18-9-6-8(12(14)15)4-5-10(9)21(16,17)13-7-11(19-2)20-3/h4-6,11,13H,7H2,1-3H3,(H,14,15). The molecular formula is C12H17NO7S. The van der Waals surface area contributed by atoms with Crippen LogP contribution in [0.3, 0.4) is 0 Å². The number of carboxylic acid groups (broad SMARTS) is 1. The van der Waals surface area contributed by atoms with Gasteiger partial charge in [0, 0.05) is 14.2 Å². The van der Waals surface area contributed by atoms with E-state index < -0.39 is 22.3 Å². The molecule has 0 fully saturated rings. The highest BCUT2D eigenvalue weighted by molar-refractivity contribution is 7.89. The lowest BCUT2D eigenvalue weighted by Gasteiger charge is -2.15. The highest BCUT2D eigenvalue weighted by Crippen LogP contribution is 2.24. The van der Waals surface area contributed by atoms with E-state index >= 15 is 0 Å². The monoisotopic (exact) mass is 319 g/mol. The first-order chi connectivity index (χ1) is 9.85. The maximum Gasteiger partial charge on any atom is 0.335 e. The fourth-order valence-corrected chi connectivity index (χ4v) is 2.71. The second-order valence-electron chi connectivity index (χ2n) is 3.92. The molecule has 0 aliphatic rings. The highest BCUT2D eigenvalue weighted by atomic mass is 32.2. The average Bonchev–Trinajstić information content (AvgIpc) is 2.47. The molecule has 8 nitrogen and oxygen atoms in total. The maximum absolute atomic E-state index is 12.2. The Labute approximate surface area is 122 Å². The largest absolute Gasteiger partial charge is 0.495 e. The summed E-state index contributed by atoms with van der Waals surface area (Å²) in [5, 5.41) is 8.88. The van der Waals surface area contributed by atoms with Gasteiger partial charge in [0.15, 0.2) is 6.29 Å². The molecule has 2 N–H and O–H groups in total. The molecule has 0 saturated heterocycles. The van der Waals surface area contributed by atoms with Gasteiger partial charge in [0.25, 0.3) is 0 Å². The minimum absolute atomic E-state index is 0.0613. The van der Waals surface area contributed by atoms with Gasteiger partial charge in [-0.2, -0.15) is 0 Å². The smallest absolute Gasteiger partial charge is 0.335 e. The number of carboxylic acids is 1. The third-order valence-corrected chi connectivity index (χ3v) is 4.13. The van der Waals surface area contributed by atoms with E-state index in [0.717, 1.165) is 6.07 Å². The summed E-state index contributed by atoms with van der Waals surface area (Å²) in [7, 11) is 0.128. The van der Waals surface area contributed by atoms with E-state index in [9.17, 15) is 13.2 Å². The summed E-state index contributed by atoms with van der Waals surface area (Å²) in [6.07, 6.45) is -0.732. The van der Waals surface area contributed by atoms with Crippen LogP contribution in [0.4, 0.5) is 0 Å². The number of hydrogen-bond acceptors (Lipinski definition) is 6. The summed E-state index contributed by atoms with van der Waals surface area (Å²) in [6.45, 7) is -0.0980. The number of sulfonamides is 1. The molecule has 21 heavy (non-hydrogen) atoms. The predicted molar refractivity (Wildman–Crippen MR) is 72.9 cm³/mol. The zero-order valence-electron chi connectivity index (χ0n) is 11.8. The normalized spacial score (nSPS) is 11.6. The third kappa shape index (κ3) is 4.39. The van der Waals surface area contributed by atoms with Crippen LogP contribution in [0.15, 0.2) is 23.1 Å². The lowest BCUT2D eigenvalue weighted by molar-refractivity contribution is -0.0960. The first-order valence-corrected chi connectivity index (χ1v) is 7.30. The van der Waals surface area contributed by atoms with E-state index in [-0.39, 0.29) is 22.8 Å². The SMILES string of the molecule is COc1cc(C(=O)O)ccc1S(=O)(=O)NCC(OC)OC. The van der Waals surface area contributed by atoms with Crippen molar-refractivity contribution >= 4 is 16.0 Å². The number of rotatable bonds is 8. The van der Waals surface area contributed by atoms with Crippen molar-refractivity contribution in [2.45, 2.75) is 11.2 Å². The molecule has 0 heterocycles. The predicted octanol–water partition coefficient (Wildman–Crippen LogP) is 0.291. The third-order valence-electron chi connectivity index (χ3n) is 2.67. The van der Waals surface area contributed by atoms with E-state index in [1.807, 2.05) is 0 Å². The molecule has 0 aliphatic heterocycles. The summed E-state index contributed by atoms with van der Waals surface area (Å²) in [6, 6.07) is 3.49. The number of nitrogens with one attached hydrogen (secondary N) is 1. The second kappa shape index (κ2) is 7.36. The van der Waals surface area contributed by atoms with E-state index in [4.69, 9.17) is 19.3 Å². The minimum Gasteiger partial charge on any atom is -0.495 e. The Morgan fingerprint density at radius 3 is 2.38 bits per heavy atom. The van der Waals surface area contributed by atoms with Gasteiger partial charge in [0.05, 0.1) is 19.2 Å². The summed E-state index contributed by atoms with van der Waals surface area (Å²) in [4.78, 5) is 10.7. The van der Waals surface area contributed by atoms with Gasteiger partial charge in [-0.05, 0) is 18.2 Å². The molecule has 1 aromatic carbocycles. The van der Waals surface area contributed by atoms with Crippen molar-refractivity contribution in [3.63, 3.8) is 0 Å². The zero-order chi connectivity index (χ0) is 16.0. The van der Waals surface area contributed by atoms with E-state index in [2.05, 4.69) is 4.72 Å². The van der Waals surface area contributed by atoms with Gasteiger partial charge in [0.2, 0.25) is 10.0 Å². The Bertz CT molecular complexity index is 596. The van der Waals surface area contributed by atoms with Crippen LogP contribution in [-0.2, 0) is 19.5 Å². The second-order valence-corrected chi connectivity index (χ2v) is 5.66. The van der Waals surface area contributed by atoms with Crippen molar-refractivity contribution in [1.82, 2.24) is 4.72 Å². The van der Waals surface area contributed by atoms with Crippen LogP contribution in [0.1, 0.15) is 10.4 Å². The van der Waals surface area contributed by atoms with Crippen LogP contribution in [0.5, 0.6) is 5.75 Å². The van der Waals surface area contributed by atoms with Crippen molar-refractivity contribution in [2.24, 2.45) is 0 Å². The molecule has 0 bridgehead atoms. The highest BCUT2D eigenvalue weighted by Gasteiger charge is 2.22. The molecule has 118 valence electrons. The number of aromatic carboxylic acids is 1. The number of ether oxygens (including phenoxy) is 3. The molecule has 0 aliphatic carbocycles. The van der Waals surface area contributed by atoms with Crippen LogP contribution in [0.2, 0.25) is 0 Å². The first kappa shape index (κ1) is 17.4. The van der Waals surface area contributed by atoms with Crippen molar-refractivity contribution < 1.29 is 32.5 Å². The lowest BCUT2D eigenvalue weighted by atomic mass is 10.2. The van der Waals surface area contributed by atoms with Crippen molar-refractivity contribution in [3.05, 3.63) is 23.8 Å². The zero-order valence-corrected chi connectivity index (χ0v) is 12.6. The van der Waals surface area contributed by atoms with E-state index in [0.29, 0.717) is 0 Å². The molecule has 0 amide bonds. The molecule has 0 saturated carbocycles. The van der Waals surface area contributed by atoms with Gasteiger partial charge < -0.3 is 19.3 Å². The first-order valence-electron chi connectivity index (χ1n) is 5.82. The summed E-state index contributed by atoms with van der Waals surface area (Å²) in [5.41, 5.74) is -0.0718. The fraction of sp³-hybridized carbons (Fsp3) is 0.417. The Balaban J connectivity index is 3.05. The summed E-state index contributed by atoms with van der Waals surface area (Å²) in [5.74, 6) is -1.24. The number of methoxy groups -OCH3 is 3. The minimum atomic E-state index is -3.89. The van der Waals surface area contributed by atoms with Gasteiger partial charge in [-0.25, -0.2) is 17.9 Å². The van der Waals surface area contributed by atoms with Gasteiger partial charge >= 0.3 is 5.97 Å². The van der Waals surface area contributed by atoms with Gasteiger partial charge in [-0.3, -0.25) is 0 Å². The molecule has 0 atom stereocenters. The van der Waals surface area contributed by atoms with Gasteiger partial charge in [-0.1, -0.05) is 0 Å². The van der Waals surface area contributed by atoms with E-state index in [1.54, 1.807) is 0 Å². The van der Waals surface area contributed by atoms with Crippen LogP contribution in [0.25, 0.3) is 0 Å². The Morgan fingerprint density at radius 1 is 1.29 bits per heavy atom. The van der Waals surface area contributed by atoms with E-state index in [1.165, 1.54) is 33.5 Å². The summed E-state index contributed by atoms with van der Waals surface area (Å²) >= 11 is 0. The van der Waals surface area contributed by atoms with Crippen LogP contribution < -0.4 is 9.46 Å². The Hall–Kier alpha value is -1.68. The molecule has 1 rings (SSSR count). The molecule has 0 unspecified atom stereocenters. The Morgan fingerprint density at radius 2 is 1.90 bits per heavy atom. The van der Waals surface area contributed by atoms with Crippen LogP contribution in [0, 0.1) is 0 Å². The van der Waals surface area contributed by atoms with Crippen molar-refractivity contribution in [3.8, 4) is 5.75 Å². The topological polar surface area (TPSA) is 111 Å². The van der Waals surface area contributed by atoms with Crippen molar-refractivity contribution in [1.29, 1.82) is 0 Å². The molecule has 0 aromatic heterocycles. The lowest BCUT2D eigenvalue weighted by Crippen LogP contribution is -2.34. The van der Waals surface area contributed by atoms with Gasteiger partial charge in [-0.15, -0.1) is 0 Å². The molecule has 0 spiro atoms. The molecule has 0 radical (unpaired) electrons. The Kier molecular flexibility index (Phi) is 6.09. The van der Waals surface area contributed by atoms with Gasteiger partial charge in [0.1, 0.15) is 10.6 Å². The average molecular weight is 319 g/mol. The molecule has 9 heteroatoms. The quantitative estimate of drug-likeness (QED) is 0.662. The van der Waals surface area contributed by atoms with Crippen molar-refractivity contribution in [2.75, 3.05) is 27.9 Å². The van der Waals surface area contributed by atoms with Crippen LogP contribution >= 0.6 is 0 Å². The number of benzene rings is 1. The molecular weight excluding hydrogens is 302 g/mol. The fourth-order valence-electron chi connectivity index (χ4n) is 1.54.